The molecule has 0 spiro atoms. The van der Waals surface area contributed by atoms with Gasteiger partial charge in [0.15, 0.2) is 0 Å². The number of aliphatic hydroxyl groups is 1. The number of aliphatic hydroxyl groups excluding tert-OH is 1. The highest BCUT2D eigenvalue weighted by molar-refractivity contribution is 4.54. The highest BCUT2D eigenvalue weighted by atomic mass is 16.5. The zero-order chi connectivity index (χ0) is 10.6. The lowest BCUT2D eigenvalue weighted by atomic mass is 10.4. The van der Waals surface area contributed by atoms with Gasteiger partial charge in [-0.1, -0.05) is 13.3 Å². The summed E-state index contributed by atoms with van der Waals surface area (Å²) in [4.78, 5) is 0. The van der Waals surface area contributed by atoms with Crippen molar-refractivity contribution in [2.24, 2.45) is 0 Å². The molecule has 1 atom stereocenters. The molecule has 0 heterocycles. The molecule has 0 saturated heterocycles. The van der Waals surface area contributed by atoms with Crippen LogP contribution in [0.3, 0.4) is 0 Å². The molecule has 4 heteroatoms. The van der Waals surface area contributed by atoms with E-state index in [1.807, 2.05) is 0 Å². The van der Waals surface area contributed by atoms with Crippen molar-refractivity contribution in [2.75, 3.05) is 40.0 Å². The number of nitrogens with one attached hydrogen (secondary N) is 1. The first-order valence-corrected chi connectivity index (χ1v) is 5.29. The van der Waals surface area contributed by atoms with Crippen molar-refractivity contribution < 1.29 is 14.6 Å². The first-order valence-electron chi connectivity index (χ1n) is 5.29. The third-order valence-electron chi connectivity index (χ3n) is 1.76. The maximum Gasteiger partial charge on any atom is 0.0897 e. The lowest BCUT2D eigenvalue weighted by molar-refractivity contribution is 0.00445. The van der Waals surface area contributed by atoms with Gasteiger partial charge in [-0.2, -0.15) is 0 Å². The zero-order valence-electron chi connectivity index (χ0n) is 9.29. The first-order chi connectivity index (χ1) is 6.81. The maximum atomic E-state index is 9.26. The number of unbranched alkanes of at least 4 members (excludes halogenated alkanes) is 1. The molecule has 2 N–H and O–H groups in total. The van der Waals surface area contributed by atoms with Crippen LogP contribution in [0.5, 0.6) is 0 Å². The van der Waals surface area contributed by atoms with Crippen LogP contribution in [0, 0.1) is 0 Å². The molecule has 0 aromatic heterocycles. The first kappa shape index (κ1) is 13.8. The predicted molar refractivity (Wildman–Crippen MR) is 56.5 cm³/mol. The number of hydrogen-bond donors (Lipinski definition) is 2. The fourth-order valence-electron chi connectivity index (χ4n) is 0.980. The van der Waals surface area contributed by atoms with Crippen molar-refractivity contribution in [1.29, 1.82) is 0 Å². The molecule has 0 saturated carbocycles. The second kappa shape index (κ2) is 10.9. The van der Waals surface area contributed by atoms with Crippen molar-refractivity contribution in [3.05, 3.63) is 0 Å². The summed E-state index contributed by atoms with van der Waals surface area (Å²) >= 11 is 0. The van der Waals surface area contributed by atoms with Crippen LogP contribution in [0.15, 0.2) is 0 Å². The monoisotopic (exact) mass is 205 g/mol. The Labute approximate surface area is 86.6 Å². The van der Waals surface area contributed by atoms with Gasteiger partial charge in [-0.25, -0.2) is 0 Å². The third kappa shape index (κ3) is 9.92. The Morgan fingerprint density at radius 1 is 1.21 bits per heavy atom. The summed E-state index contributed by atoms with van der Waals surface area (Å²) in [5.74, 6) is 0. The fraction of sp³-hybridized carbons (Fsp3) is 1.00. The van der Waals surface area contributed by atoms with Crippen LogP contribution in [0.4, 0.5) is 0 Å². The SMILES string of the molecule is CCCCOCCOCC(O)CNC. The van der Waals surface area contributed by atoms with Gasteiger partial charge in [0.1, 0.15) is 0 Å². The number of ether oxygens (including phenoxy) is 2. The third-order valence-corrected chi connectivity index (χ3v) is 1.76. The van der Waals surface area contributed by atoms with Gasteiger partial charge in [0.05, 0.1) is 25.9 Å². The summed E-state index contributed by atoms with van der Waals surface area (Å²) in [6.45, 7) is 5.05. The van der Waals surface area contributed by atoms with Gasteiger partial charge in [-0.15, -0.1) is 0 Å². The van der Waals surface area contributed by atoms with Gasteiger partial charge in [0, 0.05) is 13.2 Å². The molecule has 0 aromatic rings. The van der Waals surface area contributed by atoms with Gasteiger partial charge in [0.2, 0.25) is 0 Å². The predicted octanol–water partition coefficient (Wildman–Crippen LogP) is 0.400. The second-order valence-electron chi connectivity index (χ2n) is 3.25. The van der Waals surface area contributed by atoms with Crippen molar-refractivity contribution in [3.63, 3.8) is 0 Å². The van der Waals surface area contributed by atoms with Crippen molar-refractivity contribution in [2.45, 2.75) is 25.9 Å². The molecule has 0 bridgehead atoms. The summed E-state index contributed by atoms with van der Waals surface area (Å²) in [5, 5.41) is 12.1. The van der Waals surface area contributed by atoms with Gasteiger partial charge in [-0.05, 0) is 13.5 Å². The van der Waals surface area contributed by atoms with Crippen LogP contribution < -0.4 is 5.32 Å². The Balaban J connectivity index is 2.98. The minimum atomic E-state index is -0.421. The molecular weight excluding hydrogens is 182 g/mol. The van der Waals surface area contributed by atoms with Crippen LogP contribution in [-0.2, 0) is 9.47 Å². The van der Waals surface area contributed by atoms with Crippen molar-refractivity contribution >= 4 is 0 Å². The van der Waals surface area contributed by atoms with Crippen LogP contribution in [0.1, 0.15) is 19.8 Å². The van der Waals surface area contributed by atoms with E-state index in [1.54, 1.807) is 7.05 Å². The van der Waals surface area contributed by atoms with Crippen LogP contribution >= 0.6 is 0 Å². The van der Waals surface area contributed by atoms with E-state index in [1.165, 1.54) is 0 Å². The quantitative estimate of drug-likeness (QED) is 0.507. The van der Waals surface area contributed by atoms with E-state index in [0.29, 0.717) is 26.4 Å². The normalized spacial score (nSPS) is 13.1. The van der Waals surface area contributed by atoms with E-state index >= 15 is 0 Å². The number of rotatable bonds is 10. The summed E-state index contributed by atoms with van der Waals surface area (Å²) in [6.07, 6.45) is 1.83. The molecule has 0 amide bonds. The van der Waals surface area contributed by atoms with E-state index in [-0.39, 0.29) is 0 Å². The smallest absolute Gasteiger partial charge is 0.0897 e. The van der Waals surface area contributed by atoms with E-state index in [2.05, 4.69) is 12.2 Å². The lowest BCUT2D eigenvalue weighted by Crippen LogP contribution is -2.28. The van der Waals surface area contributed by atoms with E-state index in [9.17, 15) is 5.11 Å². The van der Waals surface area contributed by atoms with Crippen molar-refractivity contribution in [1.82, 2.24) is 5.32 Å². The molecule has 4 nitrogen and oxygen atoms in total. The van der Waals surface area contributed by atoms with E-state index in [4.69, 9.17) is 9.47 Å². The summed E-state index contributed by atoms with van der Waals surface area (Å²) in [7, 11) is 1.80. The topological polar surface area (TPSA) is 50.7 Å². The lowest BCUT2D eigenvalue weighted by Gasteiger charge is -2.10. The van der Waals surface area contributed by atoms with Crippen LogP contribution in [0.2, 0.25) is 0 Å². The standard InChI is InChI=1S/C10H23NO3/c1-3-4-5-13-6-7-14-9-10(12)8-11-2/h10-12H,3-9H2,1-2H3. The van der Waals surface area contributed by atoms with E-state index < -0.39 is 6.10 Å². The molecule has 0 rings (SSSR count). The summed E-state index contributed by atoms with van der Waals surface area (Å²) in [5.41, 5.74) is 0. The summed E-state index contributed by atoms with van der Waals surface area (Å²) in [6, 6.07) is 0. The number of likely N-dealkylation sites (N-methyl/N-ethyl adjacent to an activating group) is 1. The van der Waals surface area contributed by atoms with Gasteiger partial charge >= 0.3 is 0 Å². The zero-order valence-corrected chi connectivity index (χ0v) is 9.29. The average Bonchev–Trinajstić information content (AvgIpc) is 2.17. The molecule has 14 heavy (non-hydrogen) atoms. The molecule has 0 fully saturated rings. The van der Waals surface area contributed by atoms with Crippen LogP contribution in [0.25, 0.3) is 0 Å². The van der Waals surface area contributed by atoms with Gasteiger partial charge in [-0.3, -0.25) is 0 Å². The Morgan fingerprint density at radius 2 is 1.93 bits per heavy atom. The minimum Gasteiger partial charge on any atom is -0.389 e. The number of hydrogen-bond acceptors (Lipinski definition) is 4. The Kier molecular flexibility index (Phi) is 10.8. The van der Waals surface area contributed by atoms with Crippen molar-refractivity contribution in [3.8, 4) is 0 Å². The average molecular weight is 205 g/mol. The summed E-state index contributed by atoms with van der Waals surface area (Å²) < 4.78 is 10.5. The van der Waals surface area contributed by atoms with Gasteiger partial charge < -0.3 is 19.9 Å². The molecule has 1 unspecified atom stereocenters. The molecule has 0 aromatic carbocycles. The molecule has 86 valence electrons. The maximum absolute atomic E-state index is 9.26. The minimum absolute atomic E-state index is 0.373. The van der Waals surface area contributed by atoms with Crippen LogP contribution in [-0.4, -0.2) is 51.2 Å². The largest absolute Gasteiger partial charge is 0.389 e. The molecular formula is C10H23NO3. The second-order valence-corrected chi connectivity index (χ2v) is 3.25. The Bertz CT molecular complexity index is 112. The fourth-order valence-corrected chi connectivity index (χ4v) is 0.980. The Hall–Kier alpha value is -0.160. The molecule has 0 aliphatic rings. The molecule has 0 radical (unpaired) electrons. The molecule has 0 aliphatic heterocycles. The van der Waals surface area contributed by atoms with Gasteiger partial charge in [0.25, 0.3) is 0 Å². The highest BCUT2D eigenvalue weighted by Crippen LogP contribution is 1.88. The Morgan fingerprint density at radius 3 is 2.57 bits per heavy atom. The highest BCUT2D eigenvalue weighted by Gasteiger charge is 2.01. The van der Waals surface area contributed by atoms with E-state index in [0.717, 1.165) is 19.4 Å². The molecule has 0 aliphatic carbocycles.